The molecule has 1 N–H and O–H groups in total. The molecule has 8 nitrogen and oxygen atoms in total. The van der Waals surface area contributed by atoms with Crippen LogP contribution in [-0.2, 0) is 22.5 Å². The zero-order chi connectivity index (χ0) is 23.9. The molecule has 3 aromatic rings. The number of nitrogens with one attached hydrogen (secondary N) is 1. The number of carbonyl (C=O) groups excluding carboxylic acids is 2. The number of carbonyl (C=O) groups is 2. The van der Waals surface area contributed by atoms with Gasteiger partial charge in [0.1, 0.15) is 12.4 Å². The summed E-state index contributed by atoms with van der Waals surface area (Å²) in [4.78, 5) is 30.3. The Morgan fingerprint density at radius 2 is 1.82 bits per heavy atom. The van der Waals surface area contributed by atoms with E-state index in [1.54, 1.807) is 29.2 Å². The number of piperidine rings is 1. The average molecular weight is 466 g/mol. The molecule has 34 heavy (non-hydrogen) atoms. The molecule has 0 spiro atoms. The minimum Gasteiger partial charge on any atom is -0.453 e. The first-order valence-corrected chi connectivity index (χ1v) is 11.3. The van der Waals surface area contributed by atoms with E-state index in [1.165, 1.54) is 19.2 Å². The van der Waals surface area contributed by atoms with Gasteiger partial charge in [-0.25, -0.2) is 9.18 Å². The van der Waals surface area contributed by atoms with E-state index in [9.17, 15) is 14.0 Å². The summed E-state index contributed by atoms with van der Waals surface area (Å²) in [6.45, 7) is 1.95. The molecule has 3 heterocycles. The molecule has 0 aliphatic carbocycles. The Morgan fingerprint density at radius 3 is 2.50 bits per heavy atom. The number of halogens is 1. The van der Waals surface area contributed by atoms with E-state index in [-0.39, 0.29) is 18.3 Å². The fourth-order valence-corrected chi connectivity index (χ4v) is 4.12. The number of rotatable bonds is 7. The fourth-order valence-electron chi connectivity index (χ4n) is 4.12. The lowest BCUT2D eigenvalue weighted by atomic mass is 9.97. The van der Waals surface area contributed by atoms with Crippen molar-refractivity contribution in [3.05, 3.63) is 71.9 Å². The van der Waals surface area contributed by atoms with Gasteiger partial charge >= 0.3 is 6.09 Å². The van der Waals surface area contributed by atoms with Gasteiger partial charge in [0, 0.05) is 49.7 Å². The van der Waals surface area contributed by atoms with E-state index in [0.717, 1.165) is 35.4 Å². The quantitative estimate of drug-likeness (QED) is 0.579. The lowest BCUT2D eigenvalue weighted by molar-refractivity contribution is -0.133. The summed E-state index contributed by atoms with van der Waals surface area (Å²) in [6, 6.07) is 12.1. The first-order chi connectivity index (χ1) is 16.5. The highest BCUT2D eigenvalue weighted by Gasteiger charge is 2.24. The van der Waals surface area contributed by atoms with Crippen LogP contribution >= 0.6 is 0 Å². The first kappa shape index (κ1) is 23.4. The number of benzene rings is 1. The smallest absolute Gasteiger partial charge is 0.406 e. The van der Waals surface area contributed by atoms with Crippen molar-refractivity contribution in [1.82, 2.24) is 25.0 Å². The van der Waals surface area contributed by atoms with Crippen molar-refractivity contribution < 1.29 is 18.7 Å². The highest BCUT2D eigenvalue weighted by molar-refractivity contribution is 5.76. The molecule has 0 bridgehead atoms. The van der Waals surface area contributed by atoms with Crippen LogP contribution in [0.25, 0.3) is 11.3 Å². The van der Waals surface area contributed by atoms with Crippen molar-refractivity contribution in [3.8, 4) is 11.3 Å². The summed E-state index contributed by atoms with van der Waals surface area (Å²) in [5, 5.41) is 7.44. The SMILES string of the molecule is COC(=O)NCC1CCN(C(=O)Cn2nc(-c3ccncc3)cc2Cc2ccc(F)cc2)CC1. The van der Waals surface area contributed by atoms with Crippen LogP contribution in [-0.4, -0.2) is 58.4 Å². The summed E-state index contributed by atoms with van der Waals surface area (Å²) in [7, 11) is 1.34. The molecule has 0 saturated carbocycles. The summed E-state index contributed by atoms with van der Waals surface area (Å²) >= 11 is 0. The van der Waals surface area contributed by atoms with E-state index >= 15 is 0 Å². The number of pyridine rings is 1. The van der Waals surface area contributed by atoms with Gasteiger partial charge in [0.05, 0.1) is 12.8 Å². The molecule has 1 aliphatic heterocycles. The average Bonchev–Trinajstić information content (AvgIpc) is 3.26. The summed E-state index contributed by atoms with van der Waals surface area (Å²) in [6.07, 6.45) is 5.15. The number of alkyl carbamates (subject to hydrolysis) is 1. The second-order valence-electron chi connectivity index (χ2n) is 8.41. The second kappa shape index (κ2) is 10.9. The predicted octanol–water partition coefficient (Wildman–Crippen LogP) is 3.27. The molecule has 0 radical (unpaired) electrons. The molecule has 1 aromatic carbocycles. The van der Waals surface area contributed by atoms with Gasteiger partial charge in [0.2, 0.25) is 5.91 Å². The summed E-state index contributed by atoms with van der Waals surface area (Å²) in [5.74, 6) is 0.0411. The summed E-state index contributed by atoms with van der Waals surface area (Å²) in [5.41, 5.74) is 3.50. The Hall–Kier alpha value is -3.75. The van der Waals surface area contributed by atoms with Crippen molar-refractivity contribution in [2.45, 2.75) is 25.8 Å². The lowest BCUT2D eigenvalue weighted by Crippen LogP contribution is -2.43. The molecule has 0 atom stereocenters. The monoisotopic (exact) mass is 465 g/mol. The molecule has 0 unspecified atom stereocenters. The van der Waals surface area contributed by atoms with Crippen molar-refractivity contribution >= 4 is 12.0 Å². The van der Waals surface area contributed by atoms with Crippen LogP contribution in [0.1, 0.15) is 24.1 Å². The molecule has 9 heteroatoms. The van der Waals surface area contributed by atoms with Gasteiger partial charge in [-0.3, -0.25) is 14.5 Å². The van der Waals surface area contributed by atoms with Gasteiger partial charge < -0.3 is 15.0 Å². The summed E-state index contributed by atoms with van der Waals surface area (Å²) < 4.78 is 19.7. The number of hydrogen-bond acceptors (Lipinski definition) is 5. The van der Waals surface area contributed by atoms with E-state index in [4.69, 9.17) is 5.10 Å². The number of nitrogens with zero attached hydrogens (tertiary/aromatic N) is 4. The maximum Gasteiger partial charge on any atom is 0.406 e. The lowest BCUT2D eigenvalue weighted by Gasteiger charge is -2.32. The molecule has 1 saturated heterocycles. The topological polar surface area (TPSA) is 89.4 Å². The molecule has 2 amide bonds. The van der Waals surface area contributed by atoms with Crippen LogP contribution in [0.3, 0.4) is 0 Å². The van der Waals surface area contributed by atoms with E-state index in [2.05, 4.69) is 15.0 Å². The van der Waals surface area contributed by atoms with E-state index in [0.29, 0.717) is 32.0 Å². The van der Waals surface area contributed by atoms with Crippen LogP contribution in [0.4, 0.5) is 9.18 Å². The Balaban J connectivity index is 1.44. The normalized spacial score (nSPS) is 14.1. The largest absolute Gasteiger partial charge is 0.453 e. The fraction of sp³-hybridized carbons (Fsp3) is 0.360. The maximum atomic E-state index is 13.3. The minimum absolute atomic E-state index is 0.00381. The number of methoxy groups -OCH3 is 1. The Bertz CT molecular complexity index is 1110. The van der Waals surface area contributed by atoms with Gasteiger partial charge in [0.15, 0.2) is 0 Å². The Kier molecular flexibility index (Phi) is 7.51. The number of ether oxygens (including phenoxy) is 1. The second-order valence-corrected chi connectivity index (χ2v) is 8.41. The van der Waals surface area contributed by atoms with Crippen molar-refractivity contribution in [3.63, 3.8) is 0 Å². The van der Waals surface area contributed by atoms with Gasteiger partial charge in [-0.05, 0) is 54.7 Å². The van der Waals surface area contributed by atoms with E-state index in [1.807, 2.05) is 23.1 Å². The number of aromatic nitrogens is 3. The minimum atomic E-state index is -0.434. The van der Waals surface area contributed by atoms with E-state index < -0.39 is 6.09 Å². The van der Waals surface area contributed by atoms with Crippen LogP contribution in [0.15, 0.2) is 54.9 Å². The van der Waals surface area contributed by atoms with Crippen molar-refractivity contribution in [2.75, 3.05) is 26.7 Å². The highest BCUT2D eigenvalue weighted by atomic mass is 19.1. The van der Waals surface area contributed by atoms with Crippen LogP contribution < -0.4 is 5.32 Å². The van der Waals surface area contributed by atoms with Crippen molar-refractivity contribution in [1.29, 1.82) is 0 Å². The highest BCUT2D eigenvalue weighted by Crippen LogP contribution is 2.22. The van der Waals surface area contributed by atoms with Crippen molar-refractivity contribution in [2.24, 2.45) is 5.92 Å². The van der Waals surface area contributed by atoms with Gasteiger partial charge in [-0.15, -0.1) is 0 Å². The van der Waals surface area contributed by atoms with Crippen LogP contribution in [0.5, 0.6) is 0 Å². The molecule has 1 fully saturated rings. The van der Waals surface area contributed by atoms with Crippen LogP contribution in [0, 0.1) is 11.7 Å². The molecule has 4 rings (SSSR count). The van der Waals surface area contributed by atoms with Gasteiger partial charge in [-0.2, -0.15) is 5.10 Å². The standard InChI is InChI=1S/C25H28FN5O3/c1-34-25(33)28-16-19-8-12-30(13-9-19)24(32)17-31-22(14-18-2-4-21(26)5-3-18)15-23(29-31)20-6-10-27-11-7-20/h2-7,10-11,15,19H,8-9,12-14,16-17H2,1H3,(H,28,33). The zero-order valence-corrected chi connectivity index (χ0v) is 19.1. The number of likely N-dealkylation sites (tertiary alicyclic amines) is 1. The molecular formula is C25H28FN5O3. The molecule has 2 aromatic heterocycles. The molecule has 178 valence electrons. The Labute approximate surface area is 197 Å². The molecular weight excluding hydrogens is 437 g/mol. The molecule has 1 aliphatic rings. The number of amides is 2. The third-order valence-electron chi connectivity index (χ3n) is 6.11. The Morgan fingerprint density at radius 1 is 1.12 bits per heavy atom. The first-order valence-electron chi connectivity index (χ1n) is 11.3. The maximum absolute atomic E-state index is 13.3. The van der Waals surface area contributed by atoms with Gasteiger partial charge in [0.25, 0.3) is 0 Å². The number of hydrogen-bond donors (Lipinski definition) is 1. The van der Waals surface area contributed by atoms with Crippen LogP contribution in [0.2, 0.25) is 0 Å². The zero-order valence-electron chi connectivity index (χ0n) is 19.1. The third-order valence-corrected chi connectivity index (χ3v) is 6.11. The van der Waals surface area contributed by atoms with Gasteiger partial charge in [-0.1, -0.05) is 12.1 Å². The predicted molar refractivity (Wildman–Crippen MR) is 124 cm³/mol. The third kappa shape index (κ3) is 5.98.